The Kier molecular flexibility index (Phi) is 12.4. The minimum atomic E-state index is -0.655. The summed E-state index contributed by atoms with van der Waals surface area (Å²) in [6.45, 7) is 10.3. The summed E-state index contributed by atoms with van der Waals surface area (Å²) in [7, 11) is 2.50. The van der Waals surface area contributed by atoms with E-state index in [9.17, 15) is 9.59 Å². The Morgan fingerprint density at radius 1 is 0.580 bits per heavy atom. The molecule has 1 aliphatic carbocycles. The van der Waals surface area contributed by atoms with Gasteiger partial charge in [-0.15, -0.1) is 0 Å². The van der Waals surface area contributed by atoms with Crippen LogP contribution in [-0.2, 0) is 41.9 Å². The normalized spacial score (nSPS) is 16.3. The average Bonchev–Trinajstić information content (AvgIpc) is 3.98. The number of nitrogens with zero attached hydrogens (tertiary/aromatic N) is 4. The van der Waals surface area contributed by atoms with Crippen LogP contribution in [0, 0.1) is 0 Å². The number of anilines is 2. The molecule has 13 heteroatoms. The predicted octanol–water partition coefficient (Wildman–Crippen LogP) is 11.4. The van der Waals surface area contributed by atoms with Crippen molar-refractivity contribution in [1.29, 1.82) is 0 Å². The number of halogens is 2. The van der Waals surface area contributed by atoms with Crippen molar-refractivity contribution in [3.05, 3.63) is 200 Å². The van der Waals surface area contributed by atoms with Crippen LogP contribution >= 0.6 is 23.2 Å². The van der Waals surface area contributed by atoms with Gasteiger partial charge < -0.3 is 37.7 Å². The van der Waals surface area contributed by atoms with Crippen LogP contribution < -0.4 is 24.7 Å². The Bertz CT molecular complexity index is 3160. The molecule has 0 unspecified atom stereocenters. The van der Waals surface area contributed by atoms with Crippen LogP contribution in [0.1, 0.15) is 94.0 Å². The van der Waals surface area contributed by atoms with E-state index < -0.39 is 18.3 Å². The SMILES string of the molecule is COc1cc(B2OC(C)(C)C(C)(C)O2)c(Cl)cc1C(=O)N1Cc2cccn2Cc2ccccc21.COc1cc(C2=CCCc3ccccc32)c(Cl)cc1C(=O)N1Cc2cccn2Cc2ccccc21. The second-order valence-electron chi connectivity index (χ2n) is 18.8. The molecule has 350 valence electrons. The van der Waals surface area contributed by atoms with Gasteiger partial charge in [-0.25, -0.2) is 0 Å². The summed E-state index contributed by atoms with van der Waals surface area (Å²) in [5, 5.41) is 0.942. The number of ether oxygens (including phenoxy) is 2. The maximum absolute atomic E-state index is 14.0. The van der Waals surface area contributed by atoms with Crippen LogP contribution in [0.15, 0.2) is 140 Å². The summed E-state index contributed by atoms with van der Waals surface area (Å²) in [5.74, 6) is 0.642. The van der Waals surface area contributed by atoms with Crippen LogP contribution in [0.3, 0.4) is 0 Å². The third-order valence-corrected chi connectivity index (χ3v) is 14.8. The van der Waals surface area contributed by atoms with Crippen molar-refractivity contribution in [2.24, 2.45) is 0 Å². The zero-order chi connectivity index (χ0) is 48.2. The maximum Gasteiger partial charge on any atom is 0.496 e. The number of methoxy groups -OCH3 is 2. The number of allylic oxidation sites excluding steroid dienone is 1. The van der Waals surface area contributed by atoms with E-state index >= 15 is 0 Å². The fourth-order valence-corrected chi connectivity index (χ4v) is 10.2. The van der Waals surface area contributed by atoms with E-state index in [1.54, 1.807) is 37.3 Å². The van der Waals surface area contributed by atoms with Gasteiger partial charge in [0.05, 0.1) is 49.6 Å². The van der Waals surface area contributed by atoms with Gasteiger partial charge in [-0.05, 0) is 129 Å². The fourth-order valence-electron chi connectivity index (χ4n) is 9.71. The van der Waals surface area contributed by atoms with E-state index in [-0.39, 0.29) is 11.8 Å². The van der Waals surface area contributed by atoms with Crippen molar-refractivity contribution in [2.75, 3.05) is 24.0 Å². The first-order valence-electron chi connectivity index (χ1n) is 23.2. The van der Waals surface area contributed by atoms with Crippen LogP contribution in [0.5, 0.6) is 11.5 Å². The number of amides is 2. The lowest BCUT2D eigenvalue weighted by Crippen LogP contribution is -2.41. The van der Waals surface area contributed by atoms with Gasteiger partial charge in [0.25, 0.3) is 11.8 Å². The van der Waals surface area contributed by atoms with Crippen LogP contribution in [-0.4, -0.2) is 53.5 Å². The number of benzene rings is 5. The summed E-state index contributed by atoms with van der Waals surface area (Å²) in [5.41, 5.74) is 11.0. The van der Waals surface area contributed by atoms with E-state index in [1.807, 2.05) is 106 Å². The molecule has 1 saturated heterocycles. The van der Waals surface area contributed by atoms with Gasteiger partial charge in [0.1, 0.15) is 11.5 Å². The Morgan fingerprint density at radius 3 is 1.62 bits per heavy atom. The second kappa shape index (κ2) is 18.4. The van der Waals surface area contributed by atoms with Crippen LogP contribution in [0.25, 0.3) is 5.57 Å². The van der Waals surface area contributed by atoms with Crippen molar-refractivity contribution < 1.29 is 28.4 Å². The Morgan fingerprint density at radius 2 is 1.07 bits per heavy atom. The first-order valence-corrected chi connectivity index (χ1v) is 24.0. The van der Waals surface area contributed by atoms with Gasteiger partial charge in [-0.1, -0.05) is 89.9 Å². The van der Waals surface area contributed by atoms with Gasteiger partial charge in [0.2, 0.25) is 0 Å². The zero-order valence-electron chi connectivity index (χ0n) is 39.6. The fraction of sp³-hybridized carbons (Fsp3) is 0.250. The first kappa shape index (κ1) is 46.2. The van der Waals surface area contributed by atoms with Crippen molar-refractivity contribution in [3.63, 3.8) is 0 Å². The zero-order valence-corrected chi connectivity index (χ0v) is 41.1. The standard InChI is InChI=1S/C30H25ClN2O2.C26H28BClN2O4/c1-35-29-17-25(24-13-6-10-20-8-2-4-12-23(20)24)27(31)16-26(29)30(34)33-19-22-11-7-15-32(22)18-21-9-3-5-14-28(21)33;1-25(2)26(3,4)34-27(33-25)20-14-23(32-5)19(13-21(20)28)24(31)30-16-18-10-8-12-29(18)15-17-9-6-7-11-22(17)30/h2-5,7-9,11-17H,6,10,18-19H2,1H3;6-14H,15-16H2,1-5H3. The van der Waals surface area contributed by atoms with Gasteiger partial charge >= 0.3 is 7.12 Å². The molecule has 0 radical (unpaired) electrons. The molecule has 11 rings (SSSR count). The number of fused-ring (bicyclic) bond motifs is 5. The summed E-state index contributed by atoms with van der Waals surface area (Å²) < 4.78 is 28.1. The lowest BCUT2D eigenvalue weighted by Gasteiger charge is -2.32. The largest absolute Gasteiger partial charge is 0.496 e. The molecule has 3 aliphatic heterocycles. The summed E-state index contributed by atoms with van der Waals surface area (Å²) in [6, 6.07) is 39.7. The molecule has 4 aliphatic rings. The molecule has 69 heavy (non-hydrogen) atoms. The monoisotopic (exact) mass is 958 g/mol. The minimum absolute atomic E-state index is 0.129. The molecule has 2 amide bonds. The highest BCUT2D eigenvalue weighted by Gasteiger charge is 2.52. The van der Waals surface area contributed by atoms with E-state index in [2.05, 4.69) is 57.8 Å². The quantitative estimate of drug-likeness (QED) is 0.154. The van der Waals surface area contributed by atoms with E-state index in [1.165, 1.54) is 11.1 Å². The third kappa shape index (κ3) is 8.56. The number of aromatic nitrogens is 2. The molecule has 5 aromatic carbocycles. The molecule has 5 heterocycles. The number of para-hydroxylation sites is 2. The number of aryl methyl sites for hydroxylation is 1. The number of rotatable bonds is 6. The molecule has 10 nitrogen and oxygen atoms in total. The van der Waals surface area contributed by atoms with E-state index in [4.69, 9.17) is 42.0 Å². The lowest BCUT2D eigenvalue weighted by molar-refractivity contribution is 0.00578. The first-order chi connectivity index (χ1) is 33.2. The molecule has 0 saturated carbocycles. The molecule has 2 aromatic heterocycles. The highest BCUT2D eigenvalue weighted by molar-refractivity contribution is 6.65. The summed E-state index contributed by atoms with van der Waals surface area (Å²) in [6.07, 6.45) is 8.29. The number of carbonyl (C=O) groups excluding carboxylic acids is 2. The number of hydrogen-bond donors (Lipinski definition) is 0. The molecule has 1 fully saturated rings. The topological polar surface area (TPSA) is 87.4 Å². The lowest BCUT2D eigenvalue weighted by atomic mass is 9.78. The number of carbonyl (C=O) groups is 2. The maximum atomic E-state index is 14.0. The average molecular weight is 960 g/mol. The smallest absolute Gasteiger partial charge is 0.496 e. The highest BCUT2D eigenvalue weighted by Crippen LogP contribution is 2.41. The van der Waals surface area contributed by atoms with E-state index in [0.717, 1.165) is 64.4 Å². The highest BCUT2D eigenvalue weighted by atomic mass is 35.5. The molecule has 7 aromatic rings. The molecular formula is C56H53BCl2N4O6. The Hall–Kier alpha value is -6.50. The second-order valence-corrected chi connectivity index (χ2v) is 19.6. The molecular weight excluding hydrogens is 906 g/mol. The van der Waals surface area contributed by atoms with Crippen molar-refractivity contribution in [1.82, 2.24) is 9.13 Å². The van der Waals surface area contributed by atoms with Crippen molar-refractivity contribution in [2.45, 2.75) is 77.9 Å². The van der Waals surface area contributed by atoms with Crippen molar-refractivity contribution in [3.8, 4) is 11.5 Å². The van der Waals surface area contributed by atoms with Crippen LogP contribution in [0.4, 0.5) is 11.4 Å². The Labute approximate surface area is 413 Å². The van der Waals surface area contributed by atoms with Gasteiger partial charge in [0.15, 0.2) is 0 Å². The van der Waals surface area contributed by atoms with Gasteiger partial charge in [0, 0.05) is 69.3 Å². The Balaban J connectivity index is 0.000000160. The van der Waals surface area contributed by atoms with Gasteiger partial charge in [-0.3, -0.25) is 9.59 Å². The van der Waals surface area contributed by atoms with E-state index in [0.29, 0.717) is 57.8 Å². The van der Waals surface area contributed by atoms with Crippen LogP contribution in [0.2, 0.25) is 10.0 Å². The van der Waals surface area contributed by atoms with Crippen molar-refractivity contribution >= 4 is 64.5 Å². The summed E-state index contributed by atoms with van der Waals surface area (Å²) >= 11 is 13.6. The third-order valence-electron chi connectivity index (χ3n) is 14.2. The molecule has 0 atom stereocenters. The minimum Gasteiger partial charge on any atom is -0.496 e. The molecule has 0 spiro atoms. The number of hydrogen-bond acceptors (Lipinski definition) is 6. The molecule has 0 bridgehead atoms. The predicted molar refractivity (Wildman–Crippen MR) is 275 cm³/mol. The summed E-state index contributed by atoms with van der Waals surface area (Å²) in [4.78, 5) is 31.6. The molecule has 0 N–H and O–H groups in total. The van der Waals surface area contributed by atoms with Gasteiger partial charge in [-0.2, -0.15) is 0 Å².